The normalized spacial score (nSPS) is 15.1. The van der Waals surface area contributed by atoms with Gasteiger partial charge in [-0.3, -0.25) is 20.6 Å². The second kappa shape index (κ2) is 7.59. The van der Waals surface area contributed by atoms with Crippen molar-refractivity contribution in [1.29, 1.82) is 0 Å². The van der Waals surface area contributed by atoms with Crippen LogP contribution in [0.1, 0.15) is 35.3 Å². The molecule has 1 aromatic heterocycles. The average molecular weight is 363 g/mol. The van der Waals surface area contributed by atoms with Crippen molar-refractivity contribution in [3.63, 3.8) is 0 Å². The molecule has 3 aromatic rings. The molecule has 0 radical (unpaired) electrons. The quantitative estimate of drug-likeness (QED) is 0.378. The zero-order valence-electron chi connectivity index (χ0n) is 14.9. The van der Waals surface area contributed by atoms with E-state index in [9.17, 15) is 10.0 Å². The molecule has 7 nitrogen and oxygen atoms in total. The number of rotatable bonds is 3. The molecule has 0 bridgehead atoms. The molecule has 2 aromatic carbocycles. The number of amidine groups is 1. The Labute approximate surface area is 156 Å². The van der Waals surface area contributed by atoms with E-state index >= 15 is 0 Å². The summed E-state index contributed by atoms with van der Waals surface area (Å²) >= 11 is 0. The lowest BCUT2D eigenvalue weighted by atomic mass is 10.1. The number of hydrogen-bond acceptors (Lipinski definition) is 4. The topological polar surface area (TPSA) is 93.6 Å². The standard InChI is InChI=1S/C20H21N5O2/c26-20(25-11-5-2-6-12-25)14-9-10-17-16(13-14)18(23-22-17)19(24-27)21-15-7-3-1-4-8-15/h1,3-4,7-10,13,27H,2,5-6,11-12H2,(H,21,24)(H,22,23). The number of hydroxylamine groups is 1. The molecule has 0 saturated carbocycles. The van der Waals surface area contributed by atoms with Crippen molar-refractivity contribution in [2.24, 2.45) is 4.99 Å². The highest BCUT2D eigenvalue weighted by Crippen LogP contribution is 2.22. The van der Waals surface area contributed by atoms with E-state index in [0.29, 0.717) is 16.9 Å². The summed E-state index contributed by atoms with van der Waals surface area (Å²) in [6.45, 7) is 1.60. The molecule has 2 heterocycles. The number of likely N-dealkylation sites (tertiary alicyclic amines) is 1. The Kier molecular flexibility index (Phi) is 4.84. The highest BCUT2D eigenvalue weighted by atomic mass is 16.5. The molecule has 1 amide bonds. The summed E-state index contributed by atoms with van der Waals surface area (Å²) in [4.78, 5) is 19.1. The van der Waals surface area contributed by atoms with Gasteiger partial charge >= 0.3 is 0 Å². The minimum Gasteiger partial charge on any atom is -0.339 e. The molecule has 7 heteroatoms. The van der Waals surface area contributed by atoms with Gasteiger partial charge in [-0.25, -0.2) is 4.99 Å². The summed E-state index contributed by atoms with van der Waals surface area (Å²) in [6.07, 6.45) is 3.27. The lowest BCUT2D eigenvalue weighted by molar-refractivity contribution is 0.0724. The zero-order chi connectivity index (χ0) is 18.6. The lowest BCUT2D eigenvalue weighted by Crippen LogP contribution is -2.35. The highest BCUT2D eigenvalue weighted by Gasteiger charge is 2.20. The third-order valence-corrected chi connectivity index (χ3v) is 4.78. The van der Waals surface area contributed by atoms with Crippen molar-refractivity contribution in [1.82, 2.24) is 20.6 Å². The minimum atomic E-state index is 0.0299. The van der Waals surface area contributed by atoms with E-state index in [1.807, 2.05) is 53.4 Å². The summed E-state index contributed by atoms with van der Waals surface area (Å²) in [7, 11) is 0. The monoisotopic (exact) mass is 363 g/mol. The van der Waals surface area contributed by atoms with E-state index < -0.39 is 0 Å². The first-order chi connectivity index (χ1) is 13.3. The SMILES string of the molecule is O=C(c1ccc2[nH]nc(C(=Nc3ccccc3)NO)c2c1)N1CCCCC1. The predicted molar refractivity (Wildman–Crippen MR) is 103 cm³/mol. The maximum Gasteiger partial charge on any atom is 0.253 e. The molecule has 138 valence electrons. The molecule has 1 fully saturated rings. The summed E-state index contributed by atoms with van der Waals surface area (Å²) < 4.78 is 0. The van der Waals surface area contributed by atoms with Crippen molar-refractivity contribution in [2.45, 2.75) is 19.3 Å². The number of para-hydroxylation sites is 1. The Hall–Kier alpha value is -3.19. The number of aromatic amines is 1. The van der Waals surface area contributed by atoms with Gasteiger partial charge in [-0.2, -0.15) is 5.10 Å². The van der Waals surface area contributed by atoms with Gasteiger partial charge in [0.05, 0.1) is 11.2 Å². The van der Waals surface area contributed by atoms with Gasteiger partial charge in [0.25, 0.3) is 5.91 Å². The lowest BCUT2D eigenvalue weighted by Gasteiger charge is -2.26. The van der Waals surface area contributed by atoms with Gasteiger partial charge in [0.15, 0.2) is 5.84 Å². The van der Waals surface area contributed by atoms with E-state index in [1.54, 1.807) is 0 Å². The van der Waals surface area contributed by atoms with Crippen LogP contribution in [0.2, 0.25) is 0 Å². The first-order valence-electron chi connectivity index (χ1n) is 9.08. The number of carbonyl (C=O) groups is 1. The number of carbonyl (C=O) groups excluding carboxylic acids is 1. The summed E-state index contributed by atoms with van der Waals surface area (Å²) in [5.41, 5.74) is 4.67. The molecule has 0 atom stereocenters. The molecule has 0 aliphatic carbocycles. The van der Waals surface area contributed by atoms with Crippen LogP contribution in [0, 0.1) is 0 Å². The Balaban J connectivity index is 1.71. The second-order valence-electron chi connectivity index (χ2n) is 6.59. The Morgan fingerprint density at radius 3 is 2.63 bits per heavy atom. The number of fused-ring (bicyclic) bond motifs is 1. The zero-order valence-corrected chi connectivity index (χ0v) is 14.9. The largest absolute Gasteiger partial charge is 0.339 e. The number of H-pyrrole nitrogens is 1. The Bertz CT molecular complexity index is 974. The van der Waals surface area contributed by atoms with Crippen LogP contribution in [0.5, 0.6) is 0 Å². The fourth-order valence-electron chi connectivity index (χ4n) is 3.37. The van der Waals surface area contributed by atoms with E-state index in [-0.39, 0.29) is 11.7 Å². The summed E-state index contributed by atoms with van der Waals surface area (Å²) in [5, 5.41) is 17.5. The highest BCUT2D eigenvalue weighted by molar-refractivity contribution is 6.09. The molecule has 4 rings (SSSR count). The molecular formula is C20H21N5O2. The van der Waals surface area contributed by atoms with E-state index in [0.717, 1.165) is 36.8 Å². The maximum absolute atomic E-state index is 12.8. The first kappa shape index (κ1) is 17.2. The summed E-state index contributed by atoms with van der Waals surface area (Å²) in [6, 6.07) is 14.7. The number of amides is 1. The molecule has 1 saturated heterocycles. The smallest absolute Gasteiger partial charge is 0.253 e. The third kappa shape index (κ3) is 3.54. The van der Waals surface area contributed by atoms with Gasteiger partial charge in [0, 0.05) is 24.0 Å². The predicted octanol–water partition coefficient (Wildman–Crippen LogP) is 3.25. The molecular weight excluding hydrogens is 342 g/mol. The number of nitrogens with one attached hydrogen (secondary N) is 2. The van der Waals surface area contributed by atoms with Crippen LogP contribution in [-0.4, -0.2) is 45.1 Å². The Morgan fingerprint density at radius 2 is 1.89 bits per heavy atom. The van der Waals surface area contributed by atoms with Gasteiger partial charge in [0.1, 0.15) is 5.69 Å². The molecule has 1 aliphatic heterocycles. The van der Waals surface area contributed by atoms with Gasteiger partial charge in [-0.1, -0.05) is 18.2 Å². The fourth-order valence-corrected chi connectivity index (χ4v) is 3.37. The number of hydrogen-bond donors (Lipinski definition) is 3. The second-order valence-corrected chi connectivity index (χ2v) is 6.59. The van der Waals surface area contributed by atoms with Gasteiger partial charge in [0.2, 0.25) is 0 Å². The van der Waals surface area contributed by atoms with Crippen LogP contribution in [0.25, 0.3) is 10.9 Å². The van der Waals surface area contributed by atoms with E-state index in [4.69, 9.17) is 0 Å². The first-order valence-corrected chi connectivity index (χ1v) is 9.08. The van der Waals surface area contributed by atoms with Crippen LogP contribution < -0.4 is 5.48 Å². The molecule has 27 heavy (non-hydrogen) atoms. The maximum atomic E-state index is 12.8. The van der Waals surface area contributed by atoms with Crippen molar-refractivity contribution >= 4 is 28.3 Å². The number of aromatic nitrogens is 2. The summed E-state index contributed by atoms with van der Waals surface area (Å²) in [5.74, 6) is 0.247. The molecule has 0 spiro atoms. The van der Waals surface area contributed by atoms with Gasteiger partial charge < -0.3 is 4.90 Å². The van der Waals surface area contributed by atoms with E-state index in [1.165, 1.54) is 6.42 Å². The molecule has 3 N–H and O–H groups in total. The number of piperidine rings is 1. The number of nitrogens with zero attached hydrogens (tertiary/aromatic N) is 3. The van der Waals surface area contributed by atoms with E-state index in [2.05, 4.69) is 20.7 Å². The molecule has 1 aliphatic rings. The van der Waals surface area contributed by atoms with Crippen LogP contribution in [0.15, 0.2) is 53.5 Å². The number of aliphatic imine (C=N–C) groups is 1. The van der Waals surface area contributed by atoms with Crippen LogP contribution in [0.3, 0.4) is 0 Å². The minimum absolute atomic E-state index is 0.0299. The van der Waals surface area contributed by atoms with Crippen LogP contribution in [0.4, 0.5) is 5.69 Å². The van der Waals surface area contributed by atoms with Crippen molar-refractivity contribution in [2.75, 3.05) is 13.1 Å². The van der Waals surface area contributed by atoms with Gasteiger partial charge in [-0.05, 0) is 49.6 Å². The van der Waals surface area contributed by atoms with Crippen molar-refractivity contribution < 1.29 is 10.0 Å². The fraction of sp³-hybridized carbons (Fsp3) is 0.250. The van der Waals surface area contributed by atoms with Crippen molar-refractivity contribution in [3.8, 4) is 0 Å². The van der Waals surface area contributed by atoms with Crippen LogP contribution in [-0.2, 0) is 0 Å². The average Bonchev–Trinajstić information content (AvgIpc) is 3.16. The Morgan fingerprint density at radius 1 is 1.11 bits per heavy atom. The van der Waals surface area contributed by atoms with Gasteiger partial charge in [-0.15, -0.1) is 0 Å². The van der Waals surface area contributed by atoms with Crippen LogP contribution >= 0.6 is 0 Å². The number of benzene rings is 2. The van der Waals surface area contributed by atoms with Crippen molar-refractivity contribution in [3.05, 3.63) is 59.8 Å². The third-order valence-electron chi connectivity index (χ3n) is 4.78. The molecule has 0 unspecified atom stereocenters.